The predicted molar refractivity (Wildman–Crippen MR) is 130 cm³/mol. The van der Waals surface area contributed by atoms with E-state index in [-0.39, 0.29) is 41.3 Å². The molecule has 8 N–H and O–H groups in total. The van der Waals surface area contributed by atoms with Crippen molar-refractivity contribution in [2.45, 2.75) is 39.8 Å². The molecule has 0 radical (unpaired) electrons. The highest BCUT2D eigenvalue weighted by Gasteiger charge is 2.36. The van der Waals surface area contributed by atoms with Crippen molar-refractivity contribution in [3.05, 3.63) is 39.3 Å². The Morgan fingerprint density at radius 1 is 1.32 bits per heavy atom. The number of aliphatic hydroxyl groups excluding tert-OH is 1. The van der Waals surface area contributed by atoms with Crippen LogP contribution < -0.4 is 16.9 Å². The molecule has 208 valence electrons. The van der Waals surface area contributed by atoms with E-state index in [1.54, 1.807) is 6.92 Å². The summed E-state index contributed by atoms with van der Waals surface area (Å²) in [5.74, 6) is -1.95. The van der Waals surface area contributed by atoms with Crippen molar-refractivity contribution >= 4 is 44.4 Å². The highest BCUT2D eigenvalue weighted by atomic mass is 32.3. The Morgan fingerprint density at radius 3 is 2.32 bits per heavy atom. The molecule has 0 aliphatic carbocycles. The number of aliphatic hydroxyl groups is 1. The normalized spacial score (nSPS) is 14.5. The maximum atomic E-state index is 11.3. The van der Waals surface area contributed by atoms with Crippen molar-refractivity contribution in [1.82, 2.24) is 14.8 Å². The molecule has 2 aromatic heterocycles. The fourth-order valence-electron chi connectivity index (χ4n) is 2.21. The number of amides is 2. The lowest BCUT2D eigenvalue weighted by Crippen LogP contribution is -2.51. The van der Waals surface area contributed by atoms with Crippen LogP contribution in [0.1, 0.15) is 38.6 Å². The molecule has 0 spiro atoms. The lowest BCUT2D eigenvalue weighted by atomic mass is 10.1. The lowest BCUT2D eigenvalue weighted by molar-refractivity contribution is -0.188. The zero-order chi connectivity index (χ0) is 28.9. The Bertz CT molecular complexity index is 1240. The van der Waals surface area contributed by atoms with Gasteiger partial charge >= 0.3 is 10.4 Å². The lowest BCUT2D eigenvalue weighted by Gasteiger charge is -2.34. The quantitative estimate of drug-likeness (QED) is 0.0786. The van der Waals surface area contributed by atoms with Gasteiger partial charge in [-0.25, -0.2) is 4.98 Å². The van der Waals surface area contributed by atoms with E-state index in [1.165, 1.54) is 5.38 Å². The summed E-state index contributed by atoms with van der Waals surface area (Å²) in [6.07, 6.45) is 1.05. The Hall–Kier alpha value is -3.78. The summed E-state index contributed by atoms with van der Waals surface area (Å²) in [6.45, 7) is 5.26. The van der Waals surface area contributed by atoms with Crippen LogP contribution in [0.2, 0.25) is 0 Å². The van der Waals surface area contributed by atoms with Crippen LogP contribution in [0.25, 0.3) is 0 Å². The van der Waals surface area contributed by atoms with Gasteiger partial charge in [0, 0.05) is 18.6 Å². The summed E-state index contributed by atoms with van der Waals surface area (Å²) in [4.78, 5) is 41.9. The minimum absolute atomic E-state index is 0.00756. The SMILES string of the molecule is CC.CC1CC(=O)N1OS(=O)(=O)O.CO.NC(=O)/C(=N\OCc1cc(=O)c(O)cn1O)c1csc(N)n1. The molecule has 1 atom stereocenters. The molecular formula is C18H28N6O11S2. The van der Waals surface area contributed by atoms with Gasteiger partial charge in [0.05, 0.1) is 18.7 Å². The highest BCUT2D eigenvalue weighted by molar-refractivity contribution is 7.80. The summed E-state index contributed by atoms with van der Waals surface area (Å²) in [7, 11) is -3.54. The molecule has 0 bridgehead atoms. The van der Waals surface area contributed by atoms with E-state index < -0.39 is 33.4 Å². The van der Waals surface area contributed by atoms with E-state index in [0.29, 0.717) is 9.79 Å². The Labute approximate surface area is 215 Å². The molecular weight excluding hydrogens is 540 g/mol. The van der Waals surface area contributed by atoms with Crippen LogP contribution in [-0.2, 0) is 35.7 Å². The van der Waals surface area contributed by atoms with Crippen LogP contribution in [0.4, 0.5) is 5.13 Å². The number of hydrogen-bond donors (Lipinski definition) is 6. The summed E-state index contributed by atoms with van der Waals surface area (Å²) < 4.78 is 32.7. The third kappa shape index (κ3) is 10.8. The van der Waals surface area contributed by atoms with Gasteiger partial charge in [-0.15, -0.1) is 15.6 Å². The number of primary amides is 1. The highest BCUT2D eigenvalue weighted by Crippen LogP contribution is 2.19. The van der Waals surface area contributed by atoms with Gasteiger partial charge in [0.15, 0.2) is 23.2 Å². The summed E-state index contributed by atoms with van der Waals surface area (Å²) in [6, 6.07) is 0.666. The number of nitrogens with zero attached hydrogens (tertiary/aromatic N) is 4. The van der Waals surface area contributed by atoms with E-state index in [2.05, 4.69) is 14.4 Å². The number of aromatic hydroxyl groups is 1. The van der Waals surface area contributed by atoms with Crippen LogP contribution >= 0.6 is 11.3 Å². The standard InChI is InChI=1S/C11H11N5O5S.C4H7NO5S.C2H6.CH4O/c12-10(19)9(6-4-22-11(13)14-6)15-21-3-5-1-7(17)8(18)2-16(5)20;1-3-2-4(6)5(3)10-11(7,8)9;2*1-2/h1-2,4,18,20H,3H2,(H2,12,19)(H2,13,14);3H,2H2,1H3,(H,7,8,9);1-2H3;2H,1H3/b15-9-;;;. The largest absolute Gasteiger partial charge is 0.503 e. The number of carbonyl (C=O) groups excluding carboxylic acids is 2. The van der Waals surface area contributed by atoms with Gasteiger partial charge in [0.2, 0.25) is 11.3 Å². The van der Waals surface area contributed by atoms with Gasteiger partial charge in [-0.2, -0.15) is 18.2 Å². The van der Waals surface area contributed by atoms with Gasteiger partial charge in [0.1, 0.15) is 11.4 Å². The van der Waals surface area contributed by atoms with Gasteiger partial charge in [-0.1, -0.05) is 19.0 Å². The topological polar surface area (TPSA) is 270 Å². The van der Waals surface area contributed by atoms with E-state index in [1.807, 2.05) is 13.8 Å². The molecule has 3 heterocycles. The molecule has 2 amide bonds. The summed E-state index contributed by atoms with van der Waals surface area (Å²) in [5, 5.41) is 31.5. The molecule has 1 saturated heterocycles. The number of nitrogen functional groups attached to an aromatic ring is 1. The summed E-state index contributed by atoms with van der Waals surface area (Å²) in [5.41, 5.74) is 9.83. The average Bonchev–Trinajstić information content (AvgIpc) is 3.26. The first-order valence-electron chi connectivity index (χ1n) is 10.1. The molecule has 1 aliphatic rings. The van der Waals surface area contributed by atoms with Crippen molar-refractivity contribution in [3.63, 3.8) is 0 Å². The Kier molecular flexibility index (Phi) is 13.8. The summed E-state index contributed by atoms with van der Waals surface area (Å²) >= 11 is 1.10. The van der Waals surface area contributed by atoms with Crippen molar-refractivity contribution in [2.24, 2.45) is 10.9 Å². The fraction of sp³-hybridized carbons (Fsp3) is 0.389. The van der Waals surface area contributed by atoms with Crippen LogP contribution in [0, 0.1) is 0 Å². The number of β-lactam (4-membered cyclic amide) rings is 1. The minimum Gasteiger partial charge on any atom is -0.503 e. The third-order valence-corrected chi connectivity index (χ3v) is 4.77. The molecule has 17 nitrogen and oxygen atoms in total. The molecule has 1 aliphatic heterocycles. The van der Waals surface area contributed by atoms with Crippen LogP contribution in [0.5, 0.6) is 5.75 Å². The Morgan fingerprint density at radius 2 is 1.92 bits per heavy atom. The number of carbonyl (C=O) groups is 2. The fourth-order valence-corrected chi connectivity index (χ4v) is 3.20. The third-order valence-electron chi connectivity index (χ3n) is 3.75. The van der Waals surface area contributed by atoms with Gasteiger partial charge in [-0.05, 0) is 6.92 Å². The molecule has 0 aromatic carbocycles. The molecule has 1 unspecified atom stereocenters. The number of hydroxylamine groups is 2. The average molecular weight is 569 g/mol. The van der Waals surface area contributed by atoms with Crippen LogP contribution in [0.3, 0.4) is 0 Å². The molecule has 3 rings (SSSR count). The van der Waals surface area contributed by atoms with E-state index >= 15 is 0 Å². The number of pyridine rings is 1. The molecule has 37 heavy (non-hydrogen) atoms. The number of aromatic nitrogens is 2. The van der Waals surface area contributed by atoms with E-state index in [0.717, 1.165) is 30.7 Å². The zero-order valence-corrected chi connectivity index (χ0v) is 21.8. The number of nitrogens with two attached hydrogens (primary N) is 2. The van der Waals surface area contributed by atoms with Gasteiger partial charge in [0.25, 0.3) is 5.91 Å². The van der Waals surface area contributed by atoms with Gasteiger partial charge < -0.3 is 31.7 Å². The van der Waals surface area contributed by atoms with Crippen LogP contribution in [0.15, 0.2) is 27.6 Å². The van der Waals surface area contributed by atoms with Crippen molar-refractivity contribution < 1.29 is 47.1 Å². The molecule has 19 heteroatoms. The second kappa shape index (κ2) is 15.4. The van der Waals surface area contributed by atoms with Gasteiger partial charge in [-0.3, -0.25) is 18.9 Å². The van der Waals surface area contributed by atoms with Crippen LogP contribution in [-0.4, -0.2) is 73.8 Å². The first kappa shape index (κ1) is 33.2. The first-order valence-corrected chi connectivity index (χ1v) is 12.3. The molecule has 2 aromatic rings. The van der Waals surface area contributed by atoms with Crippen molar-refractivity contribution in [3.8, 4) is 5.75 Å². The maximum Gasteiger partial charge on any atom is 0.418 e. The van der Waals surface area contributed by atoms with Crippen molar-refractivity contribution in [1.29, 1.82) is 0 Å². The smallest absolute Gasteiger partial charge is 0.418 e. The van der Waals surface area contributed by atoms with E-state index in [4.69, 9.17) is 31.1 Å². The molecule has 1 fully saturated rings. The monoisotopic (exact) mass is 568 g/mol. The number of hydrogen-bond acceptors (Lipinski definition) is 14. The number of oxime groups is 1. The number of thiazole rings is 1. The number of rotatable bonds is 7. The zero-order valence-electron chi connectivity index (χ0n) is 20.1. The molecule has 0 saturated carbocycles. The second-order valence-electron chi connectivity index (χ2n) is 6.28. The first-order chi connectivity index (χ1) is 17.3. The van der Waals surface area contributed by atoms with Crippen molar-refractivity contribution in [2.75, 3.05) is 12.8 Å². The Balaban J connectivity index is 0.000000725. The minimum atomic E-state index is -4.54. The predicted octanol–water partition coefficient (Wildman–Crippen LogP) is -0.788. The van der Waals surface area contributed by atoms with E-state index in [9.17, 15) is 28.0 Å². The number of anilines is 1. The maximum absolute atomic E-state index is 11.3. The second-order valence-corrected chi connectivity index (χ2v) is 8.18.